The molecule has 0 aromatic heterocycles. The summed E-state index contributed by atoms with van der Waals surface area (Å²) >= 11 is 0. The summed E-state index contributed by atoms with van der Waals surface area (Å²) in [6, 6.07) is 0. The highest BCUT2D eigenvalue weighted by Crippen LogP contribution is 2.37. The number of rotatable bonds is 2. The Hall–Kier alpha value is -0.120. The molecule has 1 aliphatic carbocycles. The summed E-state index contributed by atoms with van der Waals surface area (Å²) in [6.07, 6.45) is 5.30. The van der Waals surface area contributed by atoms with Gasteiger partial charge < -0.3 is 17.2 Å². The molecule has 1 aliphatic rings. The van der Waals surface area contributed by atoms with Crippen LogP contribution >= 0.6 is 0 Å². The number of nitrogens with two attached hydrogens (primary N) is 3. The van der Waals surface area contributed by atoms with E-state index in [0.717, 1.165) is 25.7 Å². The van der Waals surface area contributed by atoms with Crippen LogP contribution in [0.1, 0.15) is 46.0 Å². The van der Waals surface area contributed by atoms with Crippen LogP contribution in [0.25, 0.3) is 0 Å². The van der Waals surface area contributed by atoms with E-state index in [-0.39, 0.29) is 5.54 Å². The van der Waals surface area contributed by atoms with Gasteiger partial charge >= 0.3 is 0 Å². The van der Waals surface area contributed by atoms with Gasteiger partial charge in [-0.1, -0.05) is 26.7 Å². The molecule has 2 atom stereocenters. The molecule has 0 aliphatic heterocycles. The first-order chi connectivity index (χ1) is 5.94. The highest BCUT2D eigenvalue weighted by molar-refractivity contribution is 5.06. The predicted octanol–water partition coefficient (Wildman–Crippen LogP) is 0.918. The molecule has 6 N–H and O–H groups in total. The molecule has 1 rings (SSSR count). The van der Waals surface area contributed by atoms with Crippen LogP contribution in [0, 0.1) is 5.92 Å². The highest BCUT2D eigenvalue weighted by Gasteiger charge is 2.46. The van der Waals surface area contributed by atoms with Crippen molar-refractivity contribution >= 4 is 0 Å². The summed E-state index contributed by atoms with van der Waals surface area (Å²) in [5.74, 6) is 0.441. The molecule has 0 radical (unpaired) electrons. The Kier molecular flexibility index (Phi) is 3.00. The largest absolute Gasteiger partial charge is 0.322 e. The summed E-state index contributed by atoms with van der Waals surface area (Å²) in [5.41, 5.74) is 17.4. The van der Waals surface area contributed by atoms with E-state index in [9.17, 15) is 0 Å². The number of hydrogen-bond acceptors (Lipinski definition) is 3. The van der Waals surface area contributed by atoms with Gasteiger partial charge in [0.15, 0.2) is 0 Å². The molecule has 0 aromatic rings. The fourth-order valence-corrected chi connectivity index (χ4v) is 2.39. The maximum Gasteiger partial charge on any atom is 0.0821 e. The Morgan fingerprint density at radius 1 is 1.38 bits per heavy atom. The van der Waals surface area contributed by atoms with Crippen LogP contribution < -0.4 is 17.2 Å². The van der Waals surface area contributed by atoms with Crippen LogP contribution in [0.15, 0.2) is 0 Å². The molecule has 13 heavy (non-hydrogen) atoms. The molecule has 0 amide bonds. The van der Waals surface area contributed by atoms with Crippen LogP contribution in [0.2, 0.25) is 0 Å². The third-order valence-corrected chi connectivity index (χ3v) is 3.81. The molecular formula is C10H23N3. The van der Waals surface area contributed by atoms with E-state index in [2.05, 4.69) is 6.92 Å². The van der Waals surface area contributed by atoms with Crippen molar-refractivity contribution in [2.24, 2.45) is 23.1 Å². The Morgan fingerprint density at radius 3 is 2.46 bits per heavy atom. The zero-order chi connectivity index (χ0) is 10.1. The van der Waals surface area contributed by atoms with E-state index < -0.39 is 5.66 Å². The summed E-state index contributed by atoms with van der Waals surface area (Å²) in [4.78, 5) is 0. The molecule has 1 saturated carbocycles. The molecule has 0 aromatic carbocycles. The van der Waals surface area contributed by atoms with Crippen molar-refractivity contribution in [2.75, 3.05) is 0 Å². The van der Waals surface area contributed by atoms with Crippen LogP contribution in [0.5, 0.6) is 0 Å². The van der Waals surface area contributed by atoms with Gasteiger partial charge in [0.25, 0.3) is 0 Å². The maximum absolute atomic E-state index is 6.34. The second-order valence-corrected chi connectivity index (χ2v) is 4.58. The third-order valence-electron chi connectivity index (χ3n) is 3.81. The summed E-state index contributed by atoms with van der Waals surface area (Å²) < 4.78 is 0. The summed E-state index contributed by atoms with van der Waals surface area (Å²) in [7, 11) is 0. The Morgan fingerprint density at radius 2 is 2.00 bits per heavy atom. The smallest absolute Gasteiger partial charge is 0.0821 e. The molecule has 3 heteroatoms. The van der Waals surface area contributed by atoms with Crippen LogP contribution in [-0.4, -0.2) is 11.2 Å². The lowest BCUT2D eigenvalue weighted by Gasteiger charge is -2.49. The first kappa shape index (κ1) is 11.0. The predicted molar refractivity (Wildman–Crippen MR) is 55.9 cm³/mol. The summed E-state index contributed by atoms with van der Waals surface area (Å²) in [5, 5.41) is 0. The van der Waals surface area contributed by atoms with E-state index in [1.165, 1.54) is 6.42 Å². The van der Waals surface area contributed by atoms with Crippen LogP contribution in [0.4, 0.5) is 0 Å². The second kappa shape index (κ2) is 3.56. The van der Waals surface area contributed by atoms with E-state index in [0.29, 0.717) is 5.92 Å². The molecule has 3 nitrogen and oxygen atoms in total. The van der Waals surface area contributed by atoms with Gasteiger partial charge in [-0.15, -0.1) is 0 Å². The first-order valence-electron chi connectivity index (χ1n) is 5.30. The van der Waals surface area contributed by atoms with Crippen molar-refractivity contribution < 1.29 is 0 Å². The minimum absolute atomic E-state index is 0.361. The topological polar surface area (TPSA) is 78.1 Å². The van der Waals surface area contributed by atoms with Gasteiger partial charge in [0, 0.05) is 5.54 Å². The molecular weight excluding hydrogens is 162 g/mol. The van der Waals surface area contributed by atoms with Crippen molar-refractivity contribution in [3.05, 3.63) is 0 Å². The number of hydrogen-bond donors (Lipinski definition) is 3. The molecule has 0 bridgehead atoms. The lowest BCUT2D eigenvalue weighted by molar-refractivity contribution is 0.1000. The SMILES string of the molecule is CCC(N)(N)C1(N)CCCCC1C. The normalized spacial score (nSPS) is 36.2. The quantitative estimate of drug-likeness (QED) is 0.560. The van der Waals surface area contributed by atoms with Crippen molar-refractivity contribution in [1.29, 1.82) is 0 Å². The fraction of sp³-hybridized carbons (Fsp3) is 1.00. The molecule has 0 spiro atoms. The van der Waals surface area contributed by atoms with Gasteiger partial charge in [-0.3, -0.25) is 0 Å². The van der Waals surface area contributed by atoms with Gasteiger partial charge in [0.2, 0.25) is 0 Å². The van der Waals surface area contributed by atoms with E-state index >= 15 is 0 Å². The fourth-order valence-electron chi connectivity index (χ4n) is 2.39. The van der Waals surface area contributed by atoms with Gasteiger partial charge in [-0.05, 0) is 25.2 Å². The Balaban J connectivity index is 2.83. The van der Waals surface area contributed by atoms with Crippen molar-refractivity contribution in [1.82, 2.24) is 0 Å². The molecule has 1 fully saturated rings. The molecule has 78 valence electrons. The van der Waals surface area contributed by atoms with Gasteiger partial charge in [0.05, 0.1) is 5.66 Å². The average molecular weight is 185 g/mol. The lowest BCUT2D eigenvalue weighted by atomic mass is 9.66. The molecule has 2 unspecified atom stereocenters. The van der Waals surface area contributed by atoms with Crippen LogP contribution in [-0.2, 0) is 0 Å². The van der Waals surface area contributed by atoms with E-state index in [1.807, 2.05) is 6.92 Å². The van der Waals surface area contributed by atoms with E-state index in [1.54, 1.807) is 0 Å². The zero-order valence-corrected chi connectivity index (χ0v) is 8.84. The van der Waals surface area contributed by atoms with Crippen molar-refractivity contribution in [3.63, 3.8) is 0 Å². The van der Waals surface area contributed by atoms with Gasteiger partial charge in [-0.25, -0.2) is 0 Å². The monoisotopic (exact) mass is 185 g/mol. The van der Waals surface area contributed by atoms with Crippen LogP contribution in [0.3, 0.4) is 0 Å². The maximum atomic E-state index is 6.34. The molecule has 0 saturated heterocycles. The zero-order valence-electron chi connectivity index (χ0n) is 8.84. The van der Waals surface area contributed by atoms with Crippen molar-refractivity contribution in [2.45, 2.75) is 57.2 Å². The Bertz CT molecular complexity index is 179. The minimum atomic E-state index is -0.702. The highest BCUT2D eigenvalue weighted by atomic mass is 15.1. The van der Waals surface area contributed by atoms with E-state index in [4.69, 9.17) is 17.2 Å². The second-order valence-electron chi connectivity index (χ2n) is 4.58. The first-order valence-corrected chi connectivity index (χ1v) is 5.30. The van der Waals surface area contributed by atoms with Crippen molar-refractivity contribution in [3.8, 4) is 0 Å². The standard InChI is InChI=1S/C10H23N3/c1-3-10(12,13)9(11)7-5-4-6-8(9)2/h8H,3-7,11-13H2,1-2H3. The summed E-state index contributed by atoms with van der Waals surface area (Å²) in [6.45, 7) is 4.18. The van der Waals surface area contributed by atoms with Gasteiger partial charge in [-0.2, -0.15) is 0 Å². The molecule has 0 heterocycles. The third kappa shape index (κ3) is 1.73. The van der Waals surface area contributed by atoms with Gasteiger partial charge in [0.1, 0.15) is 0 Å². The lowest BCUT2D eigenvalue weighted by Crippen LogP contribution is -2.74. The Labute approximate surface area is 81.0 Å². The average Bonchev–Trinajstić information content (AvgIpc) is 2.10. The minimum Gasteiger partial charge on any atom is -0.322 e.